The molecule has 1 heterocycles. The lowest BCUT2D eigenvalue weighted by Gasteiger charge is -2.01. The molecule has 0 unspecified atom stereocenters. The summed E-state index contributed by atoms with van der Waals surface area (Å²) in [6, 6.07) is 4.12. The molecule has 7 heteroatoms. The van der Waals surface area contributed by atoms with Gasteiger partial charge in [0, 0.05) is 11.6 Å². The third kappa shape index (κ3) is 2.05. The van der Waals surface area contributed by atoms with E-state index in [9.17, 15) is 14.0 Å². The van der Waals surface area contributed by atoms with Crippen LogP contribution in [0.3, 0.4) is 0 Å². The van der Waals surface area contributed by atoms with Crippen molar-refractivity contribution >= 4 is 11.9 Å². The Hall–Kier alpha value is -2.70. The lowest BCUT2D eigenvalue weighted by Crippen LogP contribution is -2.00. The second-order valence-corrected chi connectivity index (χ2v) is 3.38. The summed E-state index contributed by atoms with van der Waals surface area (Å²) >= 11 is 0. The number of nitrogens with zero attached hydrogens (tertiary/aromatic N) is 1. The van der Waals surface area contributed by atoms with Gasteiger partial charge < -0.3 is 14.7 Å². The Balaban J connectivity index is 2.55. The first-order chi connectivity index (χ1) is 8.49. The van der Waals surface area contributed by atoms with Crippen molar-refractivity contribution in [2.45, 2.75) is 0 Å². The molecule has 6 nitrogen and oxygen atoms in total. The van der Waals surface area contributed by atoms with Crippen LogP contribution < -0.4 is 0 Å². The Labute approximate surface area is 99.3 Å². The fourth-order valence-corrected chi connectivity index (χ4v) is 1.41. The number of benzene rings is 1. The quantitative estimate of drug-likeness (QED) is 0.863. The van der Waals surface area contributed by atoms with E-state index in [1.54, 1.807) is 0 Å². The maximum absolute atomic E-state index is 13.0. The van der Waals surface area contributed by atoms with E-state index < -0.39 is 17.8 Å². The van der Waals surface area contributed by atoms with E-state index in [4.69, 9.17) is 14.7 Å². The van der Waals surface area contributed by atoms with Gasteiger partial charge in [-0.3, -0.25) is 0 Å². The monoisotopic (exact) mass is 251 g/mol. The first-order valence-corrected chi connectivity index (χ1v) is 4.72. The molecule has 0 aliphatic heterocycles. The van der Waals surface area contributed by atoms with Crippen LogP contribution >= 0.6 is 0 Å². The predicted molar refractivity (Wildman–Crippen MR) is 55.8 cm³/mol. The molecule has 0 radical (unpaired) electrons. The molecule has 0 amide bonds. The molecule has 0 saturated carbocycles. The van der Waals surface area contributed by atoms with Crippen LogP contribution in [0.5, 0.6) is 0 Å². The molecule has 2 N–H and O–H groups in total. The lowest BCUT2D eigenvalue weighted by molar-refractivity contribution is 0.0678. The van der Waals surface area contributed by atoms with Crippen molar-refractivity contribution in [3.05, 3.63) is 41.3 Å². The van der Waals surface area contributed by atoms with Crippen LogP contribution in [0.1, 0.15) is 20.8 Å². The summed E-state index contributed by atoms with van der Waals surface area (Å²) < 4.78 is 17.7. The Morgan fingerprint density at radius 1 is 1.17 bits per heavy atom. The third-order valence-electron chi connectivity index (χ3n) is 2.21. The molecule has 1 aromatic heterocycles. The lowest BCUT2D eigenvalue weighted by atomic mass is 10.0. The molecule has 2 rings (SSSR count). The summed E-state index contributed by atoms with van der Waals surface area (Å²) in [5, 5.41) is 20.8. The Morgan fingerprint density at radius 3 is 2.44 bits per heavy atom. The highest BCUT2D eigenvalue weighted by atomic mass is 19.1. The summed E-state index contributed by atoms with van der Waals surface area (Å²) in [5.74, 6) is -3.42. The molecular formula is C11H6FNO5. The number of carbonyl (C=O) groups is 2. The van der Waals surface area contributed by atoms with Crippen molar-refractivity contribution in [2.24, 2.45) is 0 Å². The van der Waals surface area contributed by atoms with Crippen molar-refractivity contribution in [3.8, 4) is 11.3 Å². The average Bonchev–Trinajstić information content (AvgIpc) is 2.78. The van der Waals surface area contributed by atoms with Crippen molar-refractivity contribution in [1.29, 1.82) is 0 Å². The largest absolute Gasteiger partial charge is 0.478 e. The van der Waals surface area contributed by atoms with Crippen molar-refractivity contribution in [3.63, 3.8) is 0 Å². The minimum Gasteiger partial charge on any atom is -0.478 e. The molecule has 0 aliphatic rings. The second kappa shape index (κ2) is 4.28. The highest BCUT2D eigenvalue weighted by Crippen LogP contribution is 2.25. The van der Waals surface area contributed by atoms with E-state index in [2.05, 4.69) is 5.16 Å². The van der Waals surface area contributed by atoms with E-state index in [1.165, 1.54) is 6.07 Å². The number of halogens is 1. The van der Waals surface area contributed by atoms with Gasteiger partial charge in [-0.05, 0) is 18.2 Å². The van der Waals surface area contributed by atoms with Gasteiger partial charge in [0.15, 0.2) is 11.5 Å². The van der Waals surface area contributed by atoms with Gasteiger partial charge in [-0.15, -0.1) is 0 Å². The zero-order valence-corrected chi connectivity index (χ0v) is 8.75. The number of hydrogen-bond donors (Lipinski definition) is 2. The first-order valence-electron chi connectivity index (χ1n) is 4.72. The molecule has 0 atom stereocenters. The standard InChI is InChI=1S/C11H6FNO5/c12-5-1-2-6(7(3-5)10(14)15)9-4-8(11(16)17)13-18-9/h1-4H,(H,14,15)(H,16,17). The van der Waals surface area contributed by atoms with Crippen molar-refractivity contribution in [2.75, 3.05) is 0 Å². The van der Waals surface area contributed by atoms with E-state index >= 15 is 0 Å². The predicted octanol–water partition coefficient (Wildman–Crippen LogP) is 1.88. The van der Waals surface area contributed by atoms with E-state index in [-0.39, 0.29) is 22.6 Å². The van der Waals surface area contributed by atoms with Crippen LogP contribution in [0, 0.1) is 5.82 Å². The minimum absolute atomic E-state index is 0.0511. The van der Waals surface area contributed by atoms with Crippen LogP contribution in [0.25, 0.3) is 11.3 Å². The third-order valence-corrected chi connectivity index (χ3v) is 2.21. The van der Waals surface area contributed by atoms with Gasteiger partial charge in [0.1, 0.15) is 5.82 Å². The van der Waals surface area contributed by atoms with Gasteiger partial charge in [-0.2, -0.15) is 0 Å². The highest BCUT2D eigenvalue weighted by Gasteiger charge is 2.18. The van der Waals surface area contributed by atoms with Crippen LogP contribution in [0.4, 0.5) is 4.39 Å². The van der Waals surface area contributed by atoms with Gasteiger partial charge in [0.05, 0.1) is 5.56 Å². The number of rotatable bonds is 3. The zero-order valence-electron chi connectivity index (χ0n) is 8.75. The van der Waals surface area contributed by atoms with Gasteiger partial charge in [-0.1, -0.05) is 5.16 Å². The smallest absolute Gasteiger partial charge is 0.358 e. The van der Waals surface area contributed by atoms with Gasteiger partial charge in [-0.25, -0.2) is 14.0 Å². The number of carboxylic acid groups (broad SMARTS) is 2. The zero-order chi connectivity index (χ0) is 13.3. The Kier molecular flexibility index (Phi) is 2.80. The first kappa shape index (κ1) is 11.8. The summed E-state index contributed by atoms with van der Waals surface area (Å²) in [6.07, 6.45) is 0. The topological polar surface area (TPSA) is 101 Å². The summed E-state index contributed by atoms with van der Waals surface area (Å²) in [5.41, 5.74) is -0.627. The normalized spacial score (nSPS) is 10.3. The Morgan fingerprint density at radius 2 is 1.89 bits per heavy atom. The van der Waals surface area contributed by atoms with Crippen molar-refractivity contribution < 1.29 is 28.7 Å². The van der Waals surface area contributed by atoms with E-state index in [0.29, 0.717) is 0 Å². The van der Waals surface area contributed by atoms with Crippen LogP contribution in [-0.2, 0) is 0 Å². The Bertz CT molecular complexity index is 634. The molecule has 2 aromatic rings. The average molecular weight is 251 g/mol. The van der Waals surface area contributed by atoms with Crippen LogP contribution in [0.15, 0.2) is 28.8 Å². The molecule has 0 aliphatic carbocycles. The number of aromatic carboxylic acids is 2. The molecule has 1 aromatic carbocycles. The van der Waals surface area contributed by atoms with Crippen LogP contribution in [-0.4, -0.2) is 27.3 Å². The summed E-state index contributed by atoms with van der Waals surface area (Å²) in [6.45, 7) is 0. The van der Waals surface area contributed by atoms with E-state index in [0.717, 1.165) is 18.2 Å². The summed E-state index contributed by atoms with van der Waals surface area (Å²) in [7, 11) is 0. The fourth-order valence-electron chi connectivity index (χ4n) is 1.41. The SMILES string of the molecule is O=C(O)c1cc(-c2ccc(F)cc2C(=O)O)on1. The molecule has 0 fully saturated rings. The maximum atomic E-state index is 13.0. The van der Waals surface area contributed by atoms with Gasteiger partial charge in [0.2, 0.25) is 0 Å². The summed E-state index contributed by atoms with van der Waals surface area (Å²) in [4.78, 5) is 21.6. The highest BCUT2D eigenvalue weighted by molar-refractivity contribution is 5.96. The molecule has 0 bridgehead atoms. The minimum atomic E-state index is -1.35. The maximum Gasteiger partial charge on any atom is 0.358 e. The van der Waals surface area contributed by atoms with Gasteiger partial charge in [0.25, 0.3) is 0 Å². The molecule has 0 spiro atoms. The van der Waals surface area contributed by atoms with Crippen molar-refractivity contribution in [1.82, 2.24) is 5.16 Å². The van der Waals surface area contributed by atoms with E-state index in [1.807, 2.05) is 0 Å². The molecular weight excluding hydrogens is 245 g/mol. The molecule has 92 valence electrons. The number of carboxylic acids is 2. The number of hydrogen-bond acceptors (Lipinski definition) is 4. The van der Waals surface area contributed by atoms with Gasteiger partial charge >= 0.3 is 11.9 Å². The molecule has 0 saturated heterocycles. The fraction of sp³-hybridized carbons (Fsp3) is 0. The second-order valence-electron chi connectivity index (χ2n) is 3.38. The van der Waals surface area contributed by atoms with Crippen LogP contribution in [0.2, 0.25) is 0 Å². The number of aromatic nitrogens is 1. The molecule has 18 heavy (non-hydrogen) atoms.